The molecule has 1 heterocycles. The number of ether oxygens (including phenoxy) is 1. The molecule has 4 nitrogen and oxygen atoms in total. The lowest BCUT2D eigenvalue weighted by atomic mass is 10.2. The smallest absolute Gasteiger partial charge is 0.276 e. The van der Waals surface area contributed by atoms with Gasteiger partial charge in [0.1, 0.15) is 11.4 Å². The number of rotatable bonds is 2. The van der Waals surface area contributed by atoms with E-state index < -0.39 is 0 Å². The van der Waals surface area contributed by atoms with Crippen molar-refractivity contribution in [2.24, 2.45) is 0 Å². The molecule has 0 bridgehead atoms. The second kappa shape index (κ2) is 4.55. The van der Waals surface area contributed by atoms with Gasteiger partial charge in [-0.2, -0.15) is 0 Å². The van der Waals surface area contributed by atoms with Crippen molar-refractivity contribution < 1.29 is 9.53 Å². The highest BCUT2D eigenvalue weighted by Crippen LogP contribution is 2.16. The van der Waals surface area contributed by atoms with Crippen molar-refractivity contribution >= 4 is 29.3 Å². The van der Waals surface area contributed by atoms with Gasteiger partial charge in [0.2, 0.25) is 0 Å². The highest BCUT2D eigenvalue weighted by molar-refractivity contribution is 7.80. The zero-order valence-corrected chi connectivity index (χ0v) is 10.4. The molecule has 0 saturated carbocycles. The summed E-state index contributed by atoms with van der Waals surface area (Å²) in [6.07, 6.45) is 1.76. The highest BCUT2D eigenvalue weighted by Gasteiger charge is 2.26. The van der Waals surface area contributed by atoms with E-state index in [0.717, 1.165) is 11.3 Å². The monoisotopic (exact) mass is 248 g/mol. The van der Waals surface area contributed by atoms with E-state index in [9.17, 15) is 4.79 Å². The SMILES string of the molecule is COc1ccc(C=C2NC(=S)N(C)C2=O)cc1. The van der Waals surface area contributed by atoms with Crippen LogP contribution in [0.1, 0.15) is 5.56 Å². The highest BCUT2D eigenvalue weighted by atomic mass is 32.1. The van der Waals surface area contributed by atoms with E-state index in [2.05, 4.69) is 5.32 Å². The second-order valence-electron chi connectivity index (χ2n) is 3.63. The van der Waals surface area contributed by atoms with E-state index >= 15 is 0 Å². The van der Waals surface area contributed by atoms with E-state index in [1.165, 1.54) is 4.90 Å². The number of hydrogen-bond donors (Lipinski definition) is 1. The van der Waals surface area contributed by atoms with Crippen LogP contribution in [0.5, 0.6) is 5.75 Å². The molecule has 0 aromatic heterocycles. The maximum Gasteiger partial charge on any atom is 0.276 e. The standard InChI is InChI=1S/C12H12N2O2S/c1-14-11(15)10(13-12(14)17)7-8-3-5-9(16-2)6-4-8/h3-7H,1-2H3,(H,13,17). The quantitative estimate of drug-likeness (QED) is 0.634. The molecule has 0 spiro atoms. The molecule has 0 aliphatic carbocycles. The molecule has 5 heteroatoms. The van der Waals surface area contributed by atoms with Crippen LogP contribution < -0.4 is 10.1 Å². The molecular formula is C12H12N2O2S. The van der Waals surface area contributed by atoms with Crippen LogP contribution in [0.3, 0.4) is 0 Å². The van der Waals surface area contributed by atoms with E-state index in [1.807, 2.05) is 24.3 Å². The third-order valence-corrected chi connectivity index (χ3v) is 2.88. The molecule has 88 valence electrons. The van der Waals surface area contributed by atoms with Gasteiger partial charge in [-0.05, 0) is 36.0 Å². The molecule has 0 radical (unpaired) electrons. The number of methoxy groups -OCH3 is 1. The molecule has 1 aliphatic rings. The summed E-state index contributed by atoms with van der Waals surface area (Å²) in [5.41, 5.74) is 1.41. The van der Waals surface area contributed by atoms with Crippen molar-refractivity contribution in [2.75, 3.05) is 14.2 Å². The predicted octanol–water partition coefficient (Wildman–Crippen LogP) is 1.38. The average Bonchev–Trinajstić information content (AvgIpc) is 2.58. The van der Waals surface area contributed by atoms with Crippen LogP contribution in [0.25, 0.3) is 6.08 Å². The van der Waals surface area contributed by atoms with Crippen LogP contribution in [-0.2, 0) is 4.79 Å². The lowest BCUT2D eigenvalue weighted by Gasteiger charge is -2.02. The minimum atomic E-state index is -0.120. The number of amides is 1. The molecular weight excluding hydrogens is 236 g/mol. The van der Waals surface area contributed by atoms with Crippen LogP contribution in [0.2, 0.25) is 0 Å². The number of thiocarbonyl (C=S) groups is 1. The number of likely N-dealkylation sites (N-methyl/N-ethyl adjacent to an activating group) is 1. The first-order valence-corrected chi connectivity index (χ1v) is 5.47. The maximum absolute atomic E-state index is 11.7. The summed E-state index contributed by atoms with van der Waals surface area (Å²) in [5, 5.41) is 3.29. The van der Waals surface area contributed by atoms with Gasteiger partial charge >= 0.3 is 0 Å². The molecule has 1 aromatic carbocycles. The molecule has 1 fully saturated rings. The number of benzene rings is 1. The van der Waals surface area contributed by atoms with E-state index in [1.54, 1.807) is 20.2 Å². The fourth-order valence-electron chi connectivity index (χ4n) is 1.49. The molecule has 17 heavy (non-hydrogen) atoms. The van der Waals surface area contributed by atoms with Crippen molar-refractivity contribution in [1.82, 2.24) is 10.2 Å². The van der Waals surface area contributed by atoms with Crippen molar-refractivity contribution in [3.63, 3.8) is 0 Å². The first kappa shape index (κ1) is 11.6. The van der Waals surface area contributed by atoms with E-state index in [4.69, 9.17) is 17.0 Å². The lowest BCUT2D eigenvalue weighted by molar-refractivity contribution is -0.121. The fraction of sp³-hybridized carbons (Fsp3) is 0.167. The number of nitrogens with one attached hydrogen (secondary N) is 1. The van der Waals surface area contributed by atoms with Crippen LogP contribution >= 0.6 is 12.2 Å². The molecule has 1 amide bonds. The minimum absolute atomic E-state index is 0.120. The summed E-state index contributed by atoms with van der Waals surface area (Å²) in [4.78, 5) is 13.1. The van der Waals surface area contributed by atoms with Crippen LogP contribution in [0.4, 0.5) is 0 Å². The second-order valence-corrected chi connectivity index (χ2v) is 4.01. The Bertz CT molecular complexity index is 494. The number of nitrogens with zero attached hydrogens (tertiary/aromatic N) is 1. The maximum atomic E-state index is 11.7. The van der Waals surface area contributed by atoms with Gasteiger partial charge < -0.3 is 10.1 Å². The van der Waals surface area contributed by atoms with Gasteiger partial charge in [-0.15, -0.1) is 0 Å². The van der Waals surface area contributed by atoms with Crippen LogP contribution in [-0.4, -0.2) is 30.1 Å². The molecule has 0 atom stereocenters. The van der Waals surface area contributed by atoms with Crippen molar-refractivity contribution in [2.45, 2.75) is 0 Å². The summed E-state index contributed by atoms with van der Waals surface area (Å²) < 4.78 is 5.06. The van der Waals surface area contributed by atoms with Gasteiger partial charge in [0, 0.05) is 7.05 Å². The molecule has 2 rings (SSSR count). The normalized spacial score (nSPS) is 17.5. The summed E-state index contributed by atoms with van der Waals surface area (Å²) in [6.45, 7) is 0. The molecule has 1 N–H and O–H groups in total. The average molecular weight is 248 g/mol. The summed E-state index contributed by atoms with van der Waals surface area (Å²) >= 11 is 4.98. The Hall–Kier alpha value is -1.88. The number of hydrogen-bond acceptors (Lipinski definition) is 3. The summed E-state index contributed by atoms with van der Waals surface area (Å²) in [6, 6.07) is 7.44. The van der Waals surface area contributed by atoms with Gasteiger partial charge in [0.15, 0.2) is 5.11 Å². The fourth-order valence-corrected chi connectivity index (χ4v) is 1.68. The Morgan fingerprint density at radius 1 is 1.35 bits per heavy atom. The molecule has 1 aliphatic heterocycles. The molecule has 1 saturated heterocycles. The first-order valence-electron chi connectivity index (χ1n) is 5.06. The van der Waals surface area contributed by atoms with Gasteiger partial charge in [0.25, 0.3) is 5.91 Å². The third kappa shape index (κ3) is 2.29. The van der Waals surface area contributed by atoms with E-state index in [-0.39, 0.29) is 5.91 Å². The van der Waals surface area contributed by atoms with Gasteiger partial charge in [-0.1, -0.05) is 12.1 Å². The summed E-state index contributed by atoms with van der Waals surface area (Å²) in [7, 11) is 3.26. The zero-order valence-electron chi connectivity index (χ0n) is 9.56. The number of carbonyl (C=O) groups is 1. The zero-order chi connectivity index (χ0) is 12.4. The largest absolute Gasteiger partial charge is 0.497 e. The Balaban J connectivity index is 2.24. The Morgan fingerprint density at radius 2 is 2.00 bits per heavy atom. The lowest BCUT2D eigenvalue weighted by Crippen LogP contribution is -2.25. The van der Waals surface area contributed by atoms with Crippen molar-refractivity contribution in [3.05, 3.63) is 35.5 Å². The van der Waals surface area contributed by atoms with Crippen LogP contribution in [0.15, 0.2) is 30.0 Å². The Kier molecular flexibility index (Phi) is 3.10. The Labute approximate surface area is 105 Å². The Morgan fingerprint density at radius 3 is 2.47 bits per heavy atom. The predicted molar refractivity (Wildman–Crippen MR) is 69.5 cm³/mol. The minimum Gasteiger partial charge on any atom is -0.497 e. The summed E-state index contributed by atoms with van der Waals surface area (Å²) in [5.74, 6) is 0.663. The van der Waals surface area contributed by atoms with Crippen molar-refractivity contribution in [3.8, 4) is 5.75 Å². The molecule has 0 unspecified atom stereocenters. The third-order valence-electron chi connectivity index (χ3n) is 2.51. The van der Waals surface area contributed by atoms with Crippen LogP contribution in [0, 0.1) is 0 Å². The van der Waals surface area contributed by atoms with Gasteiger partial charge in [-0.3, -0.25) is 9.69 Å². The number of carbonyl (C=O) groups excluding carboxylic acids is 1. The van der Waals surface area contributed by atoms with Crippen molar-refractivity contribution in [1.29, 1.82) is 0 Å². The molecule has 1 aromatic rings. The van der Waals surface area contributed by atoms with Gasteiger partial charge in [-0.25, -0.2) is 0 Å². The van der Waals surface area contributed by atoms with E-state index in [0.29, 0.717) is 10.8 Å². The first-order chi connectivity index (χ1) is 8.11. The van der Waals surface area contributed by atoms with Gasteiger partial charge in [0.05, 0.1) is 7.11 Å². The topological polar surface area (TPSA) is 41.6 Å².